The number of hydrogen-bond donors (Lipinski definition) is 0. The van der Waals surface area contributed by atoms with Crippen molar-refractivity contribution in [1.29, 1.82) is 0 Å². The van der Waals surface area contributed by atoms with Crippen molar-refractivity contribution in [3.63, 3.8) is 0 Å². The molecule has 4 nitrogen and oxygen atoms in total. The molecule has 3 aromatic carbocycles. The third-order valence-electron chi connectivity index (χ3n) is 9.60. The number of nitrogens with zero attached hydrogens (tertiary/aromatic N) is 2. The van der Waals surface area contributed by atoms with Gasteiger partial charge in [0.25, 0.3) is 0 Å². The zero-order valence-electron chi connectivity index (χ0n) is 23.4. The van der Waals surface area contributed by atoms with E-state index in [9.17, 15) is 4.79 Å². The quantitative estimate of drug-likeness (QED) is 0.299. The van der Waals surface area contributed by atoms with Crippen LogP contribution in [0.15, 0.2) is 84.9 Å². The van der Waals surface area contributed by atoms with E-state index in [2.05, 4.69) is 53.4 Å². The van der Waals surface area contributed by atoms with Crippen LogP contribution in [0.3, 0.4) is 0 Å². The van der Waals surface area contributed by atoms with Crippen LogP contribution in [0.4, 0.5) is 4.39 Å². The van der Waals surface area contributed by atoms with E-state index < -0.39 is 6.17 Å². The molecule has 5 heteroatoms. The lowest BCUT2D eigenvalue weighted by atomic mass is 9.56. The standard InChI is InChI=1S/C35H41FN2O2/c36-32-18-19-35(28-13-3-1-4-14-28,29-15-5-2-6-16-29)31-26-38(25-30(31)32)34(39)24-27-12-7-8-17-33(27)40-23-11-22-37-20-9-10-21-37/h1-8,12-17,30-32H,9-11,18-26H2. The molecule has 3 aliphatic rings. The number of hydrogen-bond acceptors (Lipinski definition) is 3. The van der Waals surface area contributed by atoms with E-state index in [0.717, 1.165) is 30.7 Å². The molecule has 40 heavy (non-hydrogen) atoms. The number of carbonyl (C=O) groups excluding carboxylic acids is 1. The fourth-order valence-electron chi connectivity index (χ4n) is 7.58. The van der Waals surface area contributed by atoms with Gasteiger partial charge in [-0.25, -0.2) is 4.39 Å². The van der Waals surface area contributed by atoms with Crippen molar-refractivity contribution in [1.82, 2.24) is 9.80 Å². The zero-order valence-corrected chi connectivity index (χ0v) is 23.4. The Hall–Kier alpha value is -3.18. The SMILES string of the molecule is O=C(Cc1ccccc1OCCCN1CCCC1)N1CC2C(F)CCC(c3ccccc3)(c3ccccc3)C2C1. The van der Waals surface area contributed by atoms with Gasteiger partial charge in [0.05, 0.1) is 13.0 Å². The zero-order chi connectivity index (χ0) is 27.4. The third kappa shape index (κ3) is 5.41. The smallest absolute Gasteiger partial charge is 0.227 e. The van der Waals surface area contributed by atoms with Crippen molar-refractivity contribution in [3.05, 3.63) is 102 Å². The maximum Gasteiger partial charge on any atom is 0.227 e. The van der Waals surface area contributed by atoms with Gasteiger partial charge in [-0.05, 0) is 68.3 Å². The van der Waals surface area contributed by atoms with Gasteiger partial charge in [-0.2, -0.15) is 0 Å². The molecule has 0 radical (unpaired) electrons. The van der Waals surface area contributed by atoms with Gasteiger partial charge >= 0.3 is 0 Å². The number of ether oxygens (including phenoxy) is 1. The molecule has 1 saturated carbocycles. The molecule has 0 aromatic heterocycles. The Balaban J connectivity index is 1.19. The van der Waals surface area contributed by atoms with Crippen LogP contribution >= 0.6 is 0 Å². The number of halogens is 1. The Morgan fingerprint density at radius 1 is 0.875 bits per heavy atom. The largest absolute Gasteiger partial charge is 0.493 e. The van der Waals surface area contributed by atoms with Gasteiger partial charge in [0.2, 0.25) is 5.91 Å². The monoisotopic (exact) mass is 540 g/mol. The van der Waals surface area contributed by atoms with E-state index in [1.807, 2.05) is 41.3 Å². The number of benzene rings is 3. The third-order valence-corrected chi connectivity index (χ3v) is 9.60. The molecule has 2 heterocycles. The first-order valence-electron chi connectivity index (χ1n) is 15.1. The Kier molecular flexibility index (Phi) is 8.20. The van der Waals surface area contributed by atoms with E-state index in [1.165, 1.54) is 37.1 Å². The maximum atomic E-state index is 15.6. The molecule has 3 fully saturated rings. The van der Waals surface area contributed by atoms with E-state index in [4.69, 9.17) is 4.74 Å². The second-order valence-corrected chi connectivity index (χ2v) is 11.9. The van der Waals surface area contributed by atoms with Crippen molar-refractivity contribution in [3.8, 4) is 5.75 Å². The first-order chi connectivity index (χ1) is 19.6. The summed E-state index contributed by atoms with van der Waals surface area (Å²) >= 11 is 0. The number of rotatable bonds is 9. The maximum absolute atomic E-state index is 15.6. The van der Waals surface area contributed by atoms with Crippen LogP contribution in [-0.2, 0) is 16.6 Å². The van der Waals surface area contributed by atoms with Gasteiger partial charge in [-0.1, -0.05) is 78.9 Å². The van der Waals surface area contributed by atoms with Gasteiger partial charge < -0.3 is 14.5 Å². The summed E-state index contributed by atoms with van der Waals surface area (Å²) in [5, 5.41) is 0. The van der Waals surface area contributed by atoms with Crippen LogP contribution in [-0.4, -0.2) is 61.2 Å². The van der Waals surface area contributed by atoms with Gasteiger partial charge in [0.1, 0.15) is 11.9 Å². The highest BCUT2D eigenvalue weighted by Gasteiger charge is 2.55. The van der Waals surface area contributed by atoms with E-state index in [0.29, 0.717) is 26.1 Å². The molecule has 2 aliphatic heterocycles. The topological polar surface area (TPSA) is 32.8 Å². The Morgan fingerprint density at radius 2 is 1.52 bits per heavy atom. The second kappa shape index (κ2) is 12.1. The minimum absolute atomic E-state index is 0.0297. The van der Waals surface area contributed by atoms with E-state index in [-0.39, 0.29) is 29.6 Å². The summed E-state index contributed by atoms with van der Waals surface area (Å²) in [6.07, 6.45) is 4.23. The molecule has 0 spiro atoms. The van der Waals surface area contributed by atoms with E-state index in [1.54, 1.807) is 0 Å². The Bertz CT molecular complexity index is 1220. The number of alkyl halides is 1. The van der Waals surface area contributed by atoms with Gasteiger partial charge in [0, 0.05) is 36.5 Å². The van der Waals surface area contributed by atoms with Crippen molar-refractivity contribution in [2.45, 2.75) is 50.1 Å². The summed E-state index contributed by atoms with van der Waals surface area (Å²) in [7, 11) is 0. The fourth-order valence-corrected chi connectivity index (χ4v) is 7.58. The summed E-state index contributed by atoms with van der Waals surface area (Å²) < 4.78 is 21.7. The van der Waals surface area contributed by atoms with Crippen molar-refractivity contribution >= 4 is 5.91 Å². The van der Waals surface area contributed by atoms with Gasteiger partial charge in [0.15, 0.2) is 0 Å². The molecule has 3 aromatic rings. The highest BCUT2D eigenvalue weighted by molar-refractivity contribution is 5.80. The number of carbonyl (C=O) groups is 1. The summed E-state index contributed by atoms with van der Waals surface area (Å²) in [6, 6.07) is 29.0. The lowest BCUT2D eigenvalue weighted by Gasteiger charge is -2.47. The molecule has 210 valence electrons. The van der Waals surface area contributed by atoms with Crippen molar-refractivity contribution in [2.75, 3.05) is 39.3 Å². The summed E-state index contributed by atoms with van der Waals surface area (Å²) in [5.41, 5.74) is 3.06. The average Bonchev–Trinajstić information content (AvgIpc) is 3.69. The average molecular weight is 541 g/mol. The van der Waals surface area contributed by atoms with Crippen molar-refractivity contribution in [2.24, 2.45) is 11.8 Å². The van der Waals surface area contributed by atoms with Gasteiger partial charge in [-0.15, -0.1) is 0 Å². The number of likely N-dealkylation sites (tertiary alicyclic amines) is 2. The molecule has 1 aliphatic carbocycles. The van der Waals surface area contributed by atoms with Crippen molar-refractivity contribution < 1.29 is 13.9 Å². The Labute approximate surface area is 238 Å². The first kappa shape index (κ1) is 27.0. The molecule has 3 unspecified atom stereocenters. The number of fused-ring (bicyclic) bond motifs is 1. The van der Waals surface area contributed by atoms with Gasteiger partial charge in [-0.3, -0.25) is 4.79 Å². The summed E-state index contributed by atoms with van der Waals surface area (Å²) in [4.78, 5) is 18.2. The number of para-hydroxylation sites is 1. The predicted molar refractivity (Wildman–Crippen MR) is 157 cm³/mol. The minimum atomic E-state index is -0.894. The van der Waals surface area contributed by atoms with Crippen LogP contribution in [0.2, 0.25) is 0 Å². The highest BCUT2D eigenvalue weighted by Crippen LogP contribution is 2.54. The van der Waals surface area contributed by atoms with Crippen LogP contribution in [0.5, 0.6) is 5.75 Å². The van der Waals surface area contributed by atoms with Crippen LogP contribution in [0, 0.1) is 11.8 Å². The van der Waals surface area contributed by atoms with Crippen LogP contribution < -0.4 is 4.74 Å². The molecule has 0 bridgehead atoms. The lowest BCUT2D eigenvalue weighted by Crippen LogP contribution is -2.47. The molecule has 3 atom stereocenters. The Morgan fingerprint density at radius 3 is 2.23 bits per heavy atom. The molecule has 6 rings (SSSR count). The molecule has 2 saturated heterocycles. The fraction of sp³-hybridized carbons (Fsp3) is 0.457. The predicted octanol–water partition coefficient (Wildman–Crippen LogP) is 6.29. The first-order valence-corrected chi connectivity index (χ1v) is 15.1. The summed E-state index contributed by atoms with van der Waals surface area (Å²) in [6.45, 7) is 5.15. The lowest BCUT2D eigenvalue weighted by molar-refractivity contribution is -0.129. The second-order valence-electron chi connectivity index (χ2n) is 11.9. The highest BCUT2D eigenvalue weighted by atomic mass is 19.1. The molecule has 0 N–H and O–H groups in total. The normalized spacial score (nSPS) is 24.1. The van der Waals surface area contributed by atoms with Crippen LogP contribution in [0.1, 0.15) is 48.8 Å². The van der Waals surface area contributed by atoms with E-state index >= 15 is 4.39 Å². The van der Waals surface area contributed by atoms with Crippen LogP contribution in [0.25, 0.3) is 0 Å². The summed E-state index contributed by atoms with van der Waals surface area (Å²) in [5.74, 6) is 0.710. The molecular weight excluding hydrogens is 499 g/mol. The number of amides is 1. The molecule has 1 amide bonds. The minimum Gasteiger partial charge on any atom is -0.493 e. The molecular formula is C35H41FN2O2.